The molecule has 0 aliphatic carbocycles. The first-order chi connectivity index (χ1) is 11.3. The summed E-state index contributed by atoms with van der Waals surface area (Å²) in [5, 5.41) is 2.75. The molecule has 1 atom stereocenters. The van der Waals surface area contributed by atoms with Crippen molar-refractivity contribution in [2.75, 3.05) is 31.1 Å². The molecular formula is C16H23N3O3S. The summed E-state index contributed by atoms with van der Waals surface area (Å²) in [6, 6.07) is -0.307. The normalized spacial score (nSPS) is 22.0. The van der Waals surface area contributed by atoms with Gasteiger partial charge in [0.05, 0.1) is 0 Å². The lowest BCUT2D eigenvalue weighted by molar-refractivity contribution is -0.153. The van der Waals surface area contributed by atoms with Crippen LogP contribution in [-0.4, -0.2) is 54.0 Å². The number of anilines is 1. The highest BCUT2D eigenvalue weighted by Crippen LogP contribution is 2.27. The molecule has 0 saturated carbocycles. The van der Waals surface area contributed by atoms with Gasteiger partial charge in [-0.15, -0.1) is 11.3 Å². The molecule has 3 heterocycles. The van der Waals surface area contributed by atoms with E-state index in [0.29, 0.717) is 0 Å². The molecule has 1 unspecified atom stereocenters. The van der Waals surface area contributed by atoms with Crippen molar-refractivity contribution in [2.24, 2.45) is 0 Å². The molecule has 23 heavy (non-hydrogen) atoms. The van der Waals surface area contributed by atoms with Crippen molar-refractivity contribution in [3.63, 3.8) is 0 Å². The van der Waals surface area contributed by atoms with E-state index < -0.39 is 0 Å². The molecule has 0 spiro atoms. The van der Waals surface area contributed by atoms with Crippen LogP contribution in [0.3, 0.4) is 0 Å². The molecule has 3 rings (SSSR count). The van der Waals surface area contributed by atoms with Crippen LogP contribution in [0, 0.1) is 0 Å². The Kier molecular flexibility index (Phi) is 5.48. The van der Waals surface area contributed by atoms with Crippen LogP contribution in [-0.2, 0) is 14.3 Å². The molecule has 2 aliphatic heterocycles. The third kappa shape index (κ3) is 4.02. The number of esters is 1. The average molecular weight is 337 g/mol. The largest absolute Gasteiger partial charge is 0.454 e. The van der Waals surface area contributed by atoms with Gasteiger partial charge in [0, 0.05) is 31.2 Å². The predicted molar refractivity (Wildman–Crippen MR) is 88.5 cm³/mol. The van der Waals surface area contributed by atoms with Crippen molar-refractivity contribution >= 4 is 28.3 Å². The van der Waals surface area contributed by atoms with Gasteiger partial charge in [0.2, 0.25) is 0 Å². The summed E-state index contributed by atoms with van der Waals surface area (Å²) in [4.78, 5) is 32.6. The van der Waals surface area contributed by atoms with Crippen LogP contribution < -0.4 is 4.90 Å². The van der Waals surface area contributed by atoms with Gasteiger partial charge in [-0.3, -0.25) is 4.79 Å². The zero-order valence-electron chi connectivity index (χ0n) is 13.3. The number of carbonyl (C=O) groups excluding carboxylic acids is 2. The van der Waals surface area contributed by atoms with Crippen LogP contribution in [0.1, 0.15) is 38.5 Å². The highest BCUT2D eigenvalue weighted by molar-refractivity contribution is 7.13. The summed E-state index contributed by atoms with van der Waals surface area (Å²) >= 11 is 1.52. The third-order valence-corrected chi connectivity index (χ3v) is 5.30. The second kappa shape index (κ2) is 7.77. The lowest BCUT2D eigenvalue weighted by atomic mass is 10.2. The van der Waals surface area contributed by atoms with E-state index in [2.05, 4.69) is 4.98 Å². The number of carbonyl (C=O) groups is 2. The van der Waals surface area contributed by atoms with E-state index in [-0.39, 0.29) is 24.5 Å². The first-order valence-corrected chi connectivity index (χ1v) is 9.24. The number of amides is 1. The third-order valence-electron chi connectivity index (χ3n) is 4.49. The molecule has 1 aromatic heterocycles. The van der Waals surface area contributed by atoms with Gasteiger partial charge >= 0.3 is 5.97 Å². The Morgan fingerprint density at radius 3 is 2.65 bits per heavy atom. The molecule has 0 N–H and O–H groups in total. The Hall–Kier alpha value is -1.63. The fraction of sp³-hybridized carbons (Fsp3) is 0.688. The maximum atomic E-state index is 12.3. The van der Waals surface area contributed by atoms with Crippen molar-refractivity contribution < 1.29 is 14.3 Å². The predicted octanol–water partition coefficient (Wildman–Crippen LogP) is 2.06. The van der Waals surface area contributed by atoms with Crippen LogP contribution in [0.5, 0.6) is 0 Å². The second-order valence-electron chi connectivity index (χ2n) is 6.07. The Balaban J connectivity index is 1.51. The zero-order valence-corrected chi connectivity index (χ0v) is 14.1. The topological polar surface area (TPSA) is 62.7 Å². The average Bonchev–Trinajstić information content (AvgIpc) is 3.18. The summed E-state index contributed by atoms with van der Waals surface area (Å²) in [6.07, 6.45) is 7.88. The van der Waals surface area contributed by atoms with E-state index in [1.54, 1.807) is 6.20 Å². The van der Waals surface area contributed by atoms with E-state index in [1.165, 1.54) is 24.2 Å². The van der Waals surface area contributed by atoms with Gasteiger partial charge in [-0.05, 0) is 25.7 Å². The van der Waals surface area contributed by atoms with Crippen molar-refractivity contribution in [3.05, 3.63) is 11.6 Å². The van der Waals surface area contributed by atoms with Crippen molar-refractivity contribution in [1.29, 1.82) is 0 Å². The maximum absolute atomic E-state index is 12.3. The van der Waals surface area contributed by atoms with Gasteiger partial charge in [-0.1, -0.05) is 12.8 Å². The van der Waals surface area contributed by atoms with Crippen LogP contribution in [0.4, 0.5) is 5.13 Å². The van der Waals surface area contributed by atoms with Gasteiger partial charge in [-0.25, -0.2) is 9.78 Å². The summed E-state index contributed by atoms with van der Waals surface area (Å²) in [6.45, 7) is 2.24. The SMILES string of the molecule is O=C(OCC(=O)N1CCCCCC1)C1CCCN1c1nccs1. The van der Waals surface area contributed by atoms with Gasteiger partial charge in [0.15, 0.2) is 11.7 Å². The summed E-state index contributed by atoms with van der Waals surface area (Å²) in [7, 11) is 0. The van der Waals surface area contributed by atoms with Crippen LogP contribution >= 0.6 is 11.3 Å². The lowest BCUT2D eigenvalue weighted by Gasteiger charge is -2.23. The van der Waals surface area contributed by atoms with Gasteiger partial charge in [0.25, 0.3) is 5.91 Å². The quantitative estimate of drug-likeness (QED) is 0.787. The minimum Gasteiger partial charge on any atom is -0.454 e. The Morgan fingerprint density at radius 2 is 1.96 bits per heavy atom. The number of rotatable bonds is 4. The minimum atomic E-state index is -0.307. The number of thiazole rings is 1. The number of aromatic nitrogens is 1. The summed E-state index contributed by atoms with van der Waals surface area (Å²) in [5.41, 5.74) is 0. The van der Waals surface area contributed by atoms with E-state index in [0.717, 1.165) is 50.4 Å². The fourth-order valence-electron chi connectivity index (χ4n) is 3.24. The minimum absolute atomic E-state index is 0.0703. The monoisotopic (exact) mass is 337 g/mol. The molecule has 2 saturated heterocycles. The highest BCUT2D eigenvalue weighted by Gasteiger charge is 2.34. The lowest BCUT2D eigenvalue weighted by Crippen LogP contribution is -2.40. The second-order valence-corrected chi connectivity index (χ2v) is 6.94. The standard InChI is InChI=1S/C16H23N3O3S/c20-14(18-8-3-1-2-4-9-18)12-22-15(21)13-6-5-10-19(13)16-17-7-11-23-16/h7,11,13H,1-6,8-10,12H2. The first kappa shape index (κ1) is 16.2. The number of nitrogens with zero attached hydrogens (tertiary/aromatic N) is 3. The number of hydrogen-bond acceptors (Lipinski definition) is 6. The van der Waals surface area contributed by atoms with E-state index >= 15 is 0 Å². The molecule has 126 valence electrons. The summed E-state index contributed by atoms with van der Waals surface area (Å²) < 4.78 is 5.32. The maximum Gasteiger partial charge on any atom is 0.329 e. The molecule has 1 aromatic rings. The molecule has 7 heteroatoms. The molecule has 6 nitrogen and oxygen atoms in total. The molecule has 0 bridgehead atoms. The van der Waals surface area contributed by atoms with Crippen LogP contribution in [0.25, 0.3) is 0 Å². The number of likely N-dealkylation sites (tertiary alicyclic amines) is 1. The van der Waals surface area contributed by atoms with E-state index in [9.17, 15) is 9.59 Å². The van der Waals surface area contributed by atoms with Gasteiger partial charge in [-0.2, -0.15) is 0 Å². The van der Waals surface area contributed by atoms with Gasteiger partial charge in [0.1, 0.15) is 6.04 Å². The van der Waals surface area contributed by atoms with Crippen molar-refractivity contribution in [3.8, 4) is 0 Å². The summed E-state index contributed by atoms with van der Waals surface area (Å²) in [5.74, 6) is -0.375. The van der Waals surface area contributed by atoms with Crippen molar-refractivity contribution in [1.82, 2.24) is 9.88 Å². The van der Waals surface area contributed by atoms with Gasteiger partial charge < -0.3 is 14.5 Å². The highest BCUT2D eigenvalue weighted by atomic mass is 32.1. The van der Waals surface area contributed by atoms with E-state index in [4.69, 9.17) is 4.74 Å². The molecule has 1 amide bonds. The zero-order chi connectivity index (χ0) is 16.1. The molecule has 2 fully saturated rings. The number of hydrogen-bond donors (Lipinski definition) is 0. The smallest absolute Gasteiger partial charge is 0.329 e. The van der Waals surface area contributed by atoms with Crippen LogP contribution in [0.2, 0.25) is 0 Å². The Bertz CT molecular complexity index is 527. The van der Waals surface area contributed by atoms with Crippen molar-refractivity contribution in [2.45, 2.75) is 44.6 Å². The van der Waals surface area contributed by atoms with Crippen LogP contribution in [0.15, 0.2) is 11.6 Å². The first-order valence-electron chi connectivity index (χ1n) is 8.36. The molecule has 2 aliphatic rings. The molecule has 0 aromatic carbocycles. The Labute approximate surface area is 140 Å². The Morgan fingerprint density at radius 1 is 1.17 bits per heavy atom. The molecule has 0 radical (unpaired) electrons. The molecular weight excluding hydrogens is 314 g/mol. The van der Waals surface area contributed by atoms with E-state index in [1.807, 2.05) is 15.2 Å². The number of ether oxygens (including phenoxy) is 1. The fourth-order valence-corrected chi connectivity index (χ4v) is 3.96.